The van der Waals surface area contributed by atoms with Gasteiger partial charge in [-0.15, -0.1) is 0 Å². The molecule has 0 radical (unpaired) electrons. The fourth-order valence-corrected chi connectivity index (χ4v) is 3.23. The fraction of sp³-hybridized carbons (Fsp3) is 0.947. The van der Waals surface area contributed by atoms with Gasteiger partial charge in [-0.3, -0.25) is 4.79 Å². The normalized spacial score (nSPS) is 28.9. The highest BCUT2D eigenvalue weighted by Crippen LogP contribution is 2.22. The number of carbonyl (C=O) groups is 1. The summed E-state index contributed by atoms with van der Waals surface area (Å²) in [4.78, 5) is 11.3. The Balaban J connectivity index is 2.28. The van der Waals surface area contributed by atoms with Gasteiger partial charge in [0.05, 0.1) is 6.61 Å². The third-order valence-electron chi connectivity index (χ3n) is 4.78. The third-order valence-corrected chi connectivity index (χ3v) is 4.78. The summed E-state index contributed by atoms with van der Waals surface area (Å²) >= 11 is 0. The van der Waals surface area contributed by atoms with Gasteiger partial charge in [-0.25, -0.2) is 0 Å². The lowest BCUT2D eigenvalue weighted by Gasteiger charge is -2.42. The maximum Gasteiger partial charge on any atom is 0.217 e. The van der Waals surface area contributed by atoms with Crippen LogP contribution in [-0.4, -0.2) is 65.1 Å². The molecule has 4 N–H and O–H groups in total. The summed E-state index contributed by atoms with van der Waals surface area (Å²) in [5.74, 6) is -0.344. The second-order valence-electron chi connectivity index (χ2n) is 7.13. The van der Waals surface area contributed by atoms with Gasteiger partial charge in [0.15, 0.2) is 6.29 Å². The molecule has 1 amide bonds. The van der Waals surface area contributed by atoms with Crippen LogP contribution in [0.4, 0.5) is 0 Å². The molecule has 0 aromatic carbocycles. The molecule has 0 saturated carbocycles. The van der Waals surface area contributed by atoms with Crippen molar-refractivity contribution in [3.05, 3.63) is 0 Å². The number of aliphatic hydroxyl groups excluding tert-OH is 3. The number of hydrogen-bond donors (Lipinski definition) is 4. The van der Waals surface area contributed by atoms with Gasteiger partial charge in [0.2, 0.25) is 5.91 Å². The summed E-state index contributed by atoms with van der Waals surface area (Å²) < 4.78 is 11.2. The minimum absolute atomic E-state index is 0.344. The van der Waals surface area contributed by atoms with Crippen molar-refractivity contribution in [1.82, 2.24) is 5.32 Å². The van der Waals surface area contributed by atoms with Crippen LogP contribution in [0.15, 0.2) is 0 Å². The molecule has 1 saturated heterocycles. The van der Waals surface area contributed by atoms with Crippen molar-refractivity contribution in [3.8, 4) is 0 Å². The monoisotopic (exact) mass is 375 g/mol. The van der Waals surface area contributed by atoms with E-state index in [4.69, 9.17) is 9.47 Å². The van der Waals surface area contributed by atoms with Gasteiger partial charge in [0, 0.05) is 13.5 Å². The number of rotatable bonds is 13. The largest absolute Gasteiger partial charge is 0.394 e. The summed E-state index contributed by atoms with van der Waals surface area (Å²) in [6, 6.07) is -0.858. The van der Waals surface area contributed by atoms with Gasteiger partial charge in [0.25, 0.3) is 0 Å². The van der Waals surface area contributed by atoms with Crippen molar-refractivity contribution in [2.45, 2.75) is 102 Å². The summed E-state index contributed by atoms with van der Waals surface area (Å²) in [5.41, 5.74) is 0. The Kier molecular flexibility index (Phi) is 12.0. The Hall–Kier alpha value is -0.730. The van der Waals surface area contributed by atoms with Crippen LogP contribution in [0.3, 0.4) is 0 Å². The maximum atomic E-state index is 11.3. The van der Waals surface area contributed by atoms with Gasteiger partial charge in [-0.2, -0.15) is 0 Å². The van der Waals surface area contributed by atoms with Crippen LogP contribution in [0.25, 0.3) is 0 Å². The molecule has 7 nitrogen and oxygen atoms in total. The van der Waals surface area contributed by atoms with E-state index in [0.717, 1.165) is 19.3 Å². The van der Waals surface area contributed by atoms with Crippen LogP contribution in [0.2, 0.25) is 0 Å². The van der Waals surface area contributed by atoms with Crippen LogP contribution in [0.1, 0.15) is 71.6 Å². The Morgan fingerprint density at radius 2 is 1.58 bits per heavy atom. The van der Waals surface area contributed by atoms with E-state index in [2.05, 4.69) is 12.2 Å². The molecule has 1 rings (SSSR count). The van der Waals surface area contributed by atoms with Crippen LogP contribution in [0, 0.1) is 0 Å². The van der Waals surface area contributed by atoms with Crippen molar-refractivity contribution in [2.75, 3.05) is 13.2 Å². The molecule has 5 unspecified atom stereocenters. The number of unbranched alkanes of at least 4 members (excludes halogenated alkanes) is 8. The first-order valence-corrected chi connectivity index (χ1v) is 10.0. The molecule has 7 heteroatoms. The molecule has 1 heterocycles. The molecule has 5 atom stereocenters. The first-order valence-electron chi connectivity index (χ1n) is 10.0. The van der Waals surface area contributed by atoms with Gasteiger partial charge >= 0.3 is 0 Å². The Labute approximate surface area is 157 Å². The third kappa shape index (κ3) is 8.31. The van der Waals surface area contributed by atoms with Crippen LogP contribution < -0.4 is 5.32 Å². The van der Waals surface area contributed by atoms with Crippen LogP contribution in [-0.2, 0) is 14.3 Å². The summed E-state index contributed by atoms with van der Waals surface area (Å²) in [7, 11) is 0. The molecule has 1 aliphatic heterocycles. The Morgan fingerprint density at radius 1 is 1.00 bits per heavy atom. The van der Waals surface area contributed by atoms with Crippen molar-refractivity contribution in [2.24, 2.45) is 0 Å². The van der Waals surface area contributed by atoms with Crippen molar-refractivity contribution >= 4 is 5.91 Å². The topological polar surface area (TPSA) is 108 Å². The minimum atomic E-state index is -1.27. The number of ether oxygens (including phenoxy) is 2. The maximum absolute atomic E-state index is 11.3. The molecule has 154 valence electrons. The molecule has 0 aliphatic carbocycles. The average molecular weight is 376 g/mol. The standard InChI is InChI=1S/C19H37NO6/c1-3-4-5-6-7-8-9-10-11-12-25-19-16(20-14(2)22)18(24)17(23)15(13-21)26-19/h15-19,21,23-24H,3-13H2,1-2H3,(H,20,22). The first kappa shape index (κ1) is 23.3. The quantitative estimate of drug-likeness (QED) is 0.363. The van der Waals surface area contributed by atoms with Crippen molar-refractivity contribution in [1.29, 1.82) is 0 Å². The second kappa shape index (κ2) is 13.4. The molecule has 1 fully saturated rings. The smallest absolute Gasteiger partial charge is 0.217 e. The van der Waals surface area contributed by atoms with E-state index >= 15 is 0 Å². The van der Waals surface area contributed by atoms with Gasteiger partial charge in [0.1, 0.15) is 24.4 Å². The van der Waals surface area contributed by atoms with E-state index in [1.807, 2.05) is 0 Å². The highest BCUT2D eigenvalue weighted by atomic mass is 16.7. The zero-order valence-corrected chi connectivity index (χ0v) is 16.2. The van der Waals surface area contributed by atoms with E-state index < -0.39 is 37.3 Å². The molecule has 0 spiro atoms. The van der Waals surface area contributed by atoms with Crippen LogP contribution in [0.5, 0.6) is 0 Å². The van der Waals surface area contributed by atoms with E-state index in [-0.39, 0.29) is 5.91 Å². The van der Waals surface area contributed by atoms with Crippen LogP contribution >= 0.6 is 0 Å². The Bertz CT molecular complexity index is 381. The SMILES string of the molecule is CCCCCCCCCCCOC1OC(CO)C(O)C(O)C1NC(C)=O. The number of carbonyl (C=O) groups excluding carboxylic acids is 1. The van der Waals surface area contributed by atoms with E-state index in [1.165, 1.54) is 45.4 Å². The zero-order valence-electron chi connectivity index (χ0n) is 16.2. The van der Waals surface area contributed by atoms with E-state index in [9.17, 15) is 20.1 Å². The number of aliphatic hydroxyl groups is 3. The van der Waals surface area contributed by atoms with E-state index in [0.29, 0.717) is 6.61 Å². The van der Waals surface area contributed by atoms with E-state index in [1.54, 1.807) is 0 Å². The molecule has 1 aliphatic rings. The summed E-state index contributed by atoms with van der Waals surface area (Å²) in [5, 5.41) is 32.0. The minimum Gasteiger partial charge on any atom is -0.394 e. The zero-order chi connectivity index (χ0) is 19.4. The lowest BCUT2D eigenvalue weighted by molar-refractivity contribution is -0.270. The summed E-state index contributed by atoms with van der Waals surface area (Å²) in [6.07, 6.45) is 6.47. The first-order chi connectivity index (χ1) is 12.5. The predicted octanol–water partition coefficient (Wildman–Crippen LogP) is 1.48. The van der Waals surface area contributed by atoms with Gasteiger partial charge < -0.3 is 30.1 Å². The van der Waals surface area contributed by atoms with Gasteiger partial charge in [-0.05, 0) is 6.42 Å². The fourth-order valence-electron chi connectivity index (χ4n) is 3.23. The molecule has 0 bridgehead atoms. The second-order valence-corrected chi connectivity index (χ2v) is 7.13. The van der Waals surface area contributed by atoms with Crippen molar-refractivity contribution < 1.29 is 29.6 Å². The molecule has 0 aromatic rings. The van der Waals surface area contributed by atoms with Gasteiger partial charge in [-0.1, -0.05) is 58.3 Å². The predicted molar refractivity (Wildman–Crippen MR) is 98.5 cm³/mol. The number of hydrogen-bond acceptors (Lipinski definition) is 6. The summed E-state index contributed by atoms with van der Waals surface area (Å²) in [6.45, 7) is 3.56. The number of amides is 1. The molecule has 0 aromatic heterocycles. The molecule has 26 heavy (non-hydrogen) atoms. The lowest BCUT2D eigenvalue weighted by Crippen LogP contribution is -2.64. The molecular formula is C19H37NO6. The lowest BCUT2D eigenvalue weighted by atomic mass is 9.97. The molecular weight excluding hydrogens is 338 g/mol. The average Bonchev–Trinajstić information content (AvgIpc) is 2.62. The van der Waals surface area contributed by atoms with Crippen molar-refractivity contribution in [3.63, 3.8) is 0 Å². The highest BCUT2D eigenvalue weighted by molar-refractivity contribution is 5.73. The number of nitrogens with one attached hydrogen (secondary N) is 1. The Morgan fingerprint density at radius 3 is 2.12 bits per heavy atom. The highest BCUT2D eigenvalue weighted by Gasteiger charge is 2.45.